The third-order valence-corrected chi connectivity index (χ3v) is 6.12. The van der Waals surface area contributed by atoms with E-state index in [0.717, 1.165) is 5.56 Å². The van der Waals surface area contributed by atoms with E-state index in [9.17, 15) is 19.2 Å². The minimum Gasteiger partial charge on any atom is -0.496 e. The first-order valence-electron chi connectivity index (χ1n) is 9.01. The molecule has 0 saturated carbocycles. The van der Waals surface area contributed by atoms with Gasteiger partial charge in [0, 0.05) is 30.0 Å². The van der Waals surface area contributed by atoms with E-state index in [1.165, 1.54) is 18.7 Å². The number of methoxy groups -OCH3 is 1. The van der Waals surface area contributed by atoms with E-state index in [0.29, 0.717) is 48.7 Å². The topological polar surface area (TPSA) is 105 Å². The molecule has 4 amide bonds. The standard InChI is InChI=1S/C19H23N3O5S/c1-12(23)13-3-4-15(27-2)14(9-13)10-28-11-16(24)22-7-5-19(6-8-22)17(25)20-18(26)21-19/h3-4,9H,5-8,10-11H2,1-2H3,(H2,20,21,25,26). The number of imide groups is 1. The van der Waals surface area contributed by atoms with Gasteiger partial charge in [-0.25, -0.2) is 4.79 Å². The molecule has 9 heteroatoms. The Bertz CT molecular complexity index is 818. The van der Waals surface area contributed by atoms with Gasteiger partial charge in [-0.2, -0.15) is 0 Å². The fourth-order valence-corrected chi connectivity index (χ4v) is 4.37. The smallest absolute Gasteiger partial charge is 0.322 e. The van der Waals surface area contributed by atoms with Crippen LogP contribution in [0.4, 0.5) is 4.79 Å². The van der Waals surface area contributed by atoms with Gasteiger partial charge in [-0.3, -0.25) is 19.7 Å². The molecule has 0 aromatic heterocycles. The molecule has 1 spiro atoms. The predicted octanol–water partition coefficient (Wildman–Crippen LogP) is 1.33. The van der Waals surface area contributed by atoms with E-state index < -0.39 is 11.6 Å². The summed E-state index contributed by atoms with van der Waals surface area (Å²) in [6.45, 7) is 2.37. The number of Topliss-reactive ketones (excluding diaryl/α,β-unsaturated/α-hetero) is 1. The molecule has 28 heavy (non-hydrogen) atoms. The summed E-state index contributed by atoms with van der Waals surface area (Å²) in [5.74, 6) is 1.19. The SMILES string of the molecule is COc1ccc(C(C)=O)cc1CSCC(=O)N1CCC2(CC1)NC(=O)NC2=O. The summed E-state index contributed by atoms with van der Waals surface area (Å²) in [6.07, 6.45) is 0.824. The zero-order valence-electron chi connectivity index (χ0n) is 15.9. The minimum atomic E-state index is -0.874. The quantitative estimate of drug-likeness (QED) is 0.547. The Morgan fingerprint density at radius 3 is 2.54 bits per heavy atom. The van der Waals surface area contributed by atoms with Crippen LogP contribution in [0, 0.1) is 0 Å². The third-order valence-electron chi connectivity index (χ3n) is 5.15. The van der Waals surface area contributed by atoms with Gasteiger partial charge >= 0.3 is 6.03 Å². The van der Waals surface area contributed by atoms with Gasteiger partial charge in [-0.1, -0.05) is 0 Å². The molecule has 1 aromatic rings. The third kappa shape index (κ3) is 4.14. The van der Waals surface area contributed by atoms with Crippen LogP contribution in [0.1, 0.15) is 35.7 Å². The van der Waals surface area contributed by atoms with Crippen LogP contribution >= 0.6 is 11.8 Å². The number of likely N-dealkylation sites (tertiary alicyclic amines) is 1. The van der Waals surface area contributed by atoms with E-state index in [4.69, 9.17) is 4.74 Å². The molecule has 2 fully saturated rings. The van der Waals surface area contributed by atoms with Crippen molar-refractivity contribution in [1.82, 2.24) is 15.5 Å². The van der Waals surface area contributed by atoms with Gasteiger partial charge in [-0.15, -0.1) is 11.8 Å². The van der Waals surface area contributed by atoms with E-state index in [-0.39, 0.29) is 17.6 Å². The van der Waals surface area contributed by atoms with Crippen LogP contribution in [0.5, 0.6) is 5.75 Å². The Kier molecular flexibility index (Phi) is 5.93. The number of urea groups is 1. The number of nitrogens with one attached hydrogen (secondary N) is 2. The molecule has 2 N–H and O–H groups in total. The molecule has 150 valence electrons. The molecular formula is C19H23N3O5S. The van der Waals surface area contributed by atoms with Crippen molar-refractivity contribution in [1.29, 1.82) is 0 Å². The molecule has 2 heterocycles. The molecule has 8 nitrogen and oxygen atoms in total. The molecule has 2 aliphatic rings. The summed E-state index contributed by atoms with van der Waals surface area (Å²) in [6, 6.07) is 4.81. The summed E-state index contributed by atoms with van der Waals surface area (Å²) in [5, 5.41) is 4.95. The molecule has 0 bridgehead atoms. The summed E-state index contributed by atoms with van der Waals surface area (Å²) in [7, 11) is 1.57. The normalized spacial score (nSPS) is 18.0. The van der Waals surface area contributed by atoms with E-state index in [1.807, 2.05) is 0 Å². The van der Waals surface area contributed by atoms with Crippen molar-refractivity contribution in [3.63, 3.8) is 0 Å². The summed E-state index contributed by atoms with van der Waals surface area (Å²) in [5.41, 5.74) is 0.610. The number of hydrogen-bond donors (Lipinski definition) is 2. The number of rotatable bonds is 6. The molecule has 1 aromatic carbocycles. The van der Waals surface area contributed by atoms with Crippen LogP contribution < -0.4 is 15.4 Å². The van der Waals surface area contributed by atoms with Gasteiger partial charge in [0.2, 0.25) is 5.91 Å². The van der Waals surface area contributed by atoms with E-state index >= 15 is 0 Å². The van der Waals surface area contributed by atoms with Gasteiger partial charge in [-0.05, 0) is 38.0 Å². The average molecular weight is 405 g/mol. The van der Waals surface area contributed by atoms with Gasteiger partial charge in [0.25, 0.3) is 5.91 Å². The van der Waals surface area contributed by atoms with Crippen LogP contribution in [0.2, 0.25) is 0 Å². The highest BCUT2D eigenvalue weighted by molar-refractivity contribution is 7.99. The van der Waals surface area contributed by atoms with E-state index in [1.54, 1.807) is 30.2 Å². The average Bonchev–Trinajstić information content (AvgIpc) is 2.94. The van der Waals surface area contributed by atoms with Crippen molar-refractivity contribution in [2.45, 2.75) is 31.1 Å². The number of carbonyl (C=O) groups excluding carboxylic acids is 4. The fourth-order valence-electron chi connectivity index (χ4n) is 3.47. The first-order chi connectivity index (χ1) is 13.3. The first kappa shape index (κ1) is 20.2. The lowest BCUT2D eigenvalue weighted by atomic mass is 9.88. The number of piperidine rings is 1. The monoisotopic (exact) mass is 405 g/mol. The Morgan fingerprint density at radius 2 is 1.96 bits per heavy atom. The van der Waals surface area contributed by atoms with Crippen molar-refractivity contribution in [2.24, 2.45) is 0 Å². The summed E-state index contributed by atoms with van der Waals surface area (Å²) >= 11 is 1.45. The van der Waals surface area contributed by atoms with Crippen LogP contribution in [0.15, 0.2) is 18.2 Å². The van der Waals surface area contributed by atoms with Gasteiger partial charge in [0.05, 0.1) is 12.9 Å². The maximum atomic E-state index is 12.5. The Labute approximate surface area is 167 Å². The number of nitrogens with zero attached hydrogens (tertiary/aromatic N) is 1. The lowest BCUT2D eigenvalue weighted by Gasteiger charge is -2.37. The molecule has 2 saturated heterocycles. The molecule has 0 unspecified atom stereocenters. The van der Waals surface area contributed by atoms with Gasteiger partial charge in [0.15, 0.2) is 5.78 Å². The Balaban J connectivity index is 1.52. The van der Waals surface area contributed by atoms with Crippen molar-refractivity contribution < 1.29 is 23.9 Å². The summed E-state index contributed by atoms with van der Waals surface area (Å²) in [4.78, 5) is 49.1. The predicted molar refractivity (Wildman–Crippen MR) is 104 cm³/mol. The first-order valence-corrected chi connectivity index (χ1v) is 10.2. The second-order valence-corrected chi connectivity index (χ2v) is 7.93. The van der Waals surface area contributed by atoms with Crippen molar-refractivity contribution in [2.75, 3.05) is 26.0 Å². The number of amides is 4. The number of ether oxygens (including phenoxy) is 1. The van der Waals surface area contributed by atoms with Gasteiger partial charge < -0.3 is 15.0 Å². The highest BCUT2D eigenvalue weighted by Crippen LogP contribution is 2.27. The number of ketones is 1. The second-order valence-electron chi connectivity index (χ2n) is 6.95. The second kappa shape index (κ2) is 8.22. The van der Waals surface area contributed by atoms with Gasteiger partial charge in [0.1, 0.15) is 11.3 Å². The van der Waals surface area contributed by atoms with Crippen molar-refractivity contribution >= 4 is 35.4 Å². The van der Waals surface area contributed by atoms with E-state index in [2.05, 4.69) is 10.6 Å². The Morgan fingerprint density at radius 1 is 1.25 bits per heavy atom. The molecule has 0 atom stereocenters. The largest absolute Gasteiger partial charge is 0.496 e. The van der Waals surface area contributed by atoms with Crippen LogP contribution in [0.3, 0.4) is 0 Å². The number of hydrogen-bond acceptors (Lipinski definition) is 6. The Hall–Kier alpha value is -2.55. The molecule has 0 aliphatic carbocycles. The maximum Gasteiger partial charge on any atom is 0.322 e. The van der Waals surface area contributed by atoms with Crippen LogP contribution in [-0.4, -0.2) is 60.0 Å². The van der Waals surface area contributed by atoms with Crippen LogP contribution in [-0.2, 0) is 15.3 Å². The zero-order chi connectivity index (χ0) is 20.3. The molecule has 0 radical (unpaired) electrons. The minimum absolute atomic E-state index is 0.00808. The molecular weight excluding hydrogens is 382 g/mol. The number of benzene rings is 1. The van der Waals surface area contributed by atoms with Crippen molar-refractivity contribution in [3.8, 4) is 5.75 Å². The fraction of sp³-hybridized carbons (Fsp3) is 0.474. The molecule has 3 rings (SSSR count). The highest BCUT2D eigenvalue weighted by Gasteiger charge is 2.48. The maximum absolute atomic E-state index is 12.5. The highest BCUT2D eigenvalue weighted by atomic mass is 32.2. The lowest BCUT2D eigenvalue weighted by molar-refractivity contribution is -0.133. The van der Waals surface area contributed by atoms with Crippen LogP contribution in [0.25, 0.3) is 0 Å². The number of carbonyl (C=O) groups is 4. The lowest BCUT2D eigenvalue weighted by Crippen LogP contribution is -2.56. The van der Waals surface area contributed by atoms with Crippen molar-refractivity contribution in [3.05, 3.63) is 29.3 Å². The number of thioether (sulfide) groups is 1. The zero-order valence-corrected chi connectivity index (χ0v) is 16.7. The summed E-state index contributed by atoms with van der Waals surface area (Å²) < 4.78 is 5.33. The molecule has 2 aliphatic heterocycles.